The van der Waals surface area contributed by atoms with Crippen molar-refractivity contribution in [3.8, 4) is 5.69 Å². The fourth-order valence-corrected chi connectivity index (χ4v) is 3.99. The Morgan fingerprint density at radius 3 is 2.30 bits per heavy atom. The van der Waals surface area contributed by atoms with Crippen LogP contribution in [0.25, 0.3) is 5.69 Å². The molecule has 2 aromatic carbocycles. The summed E-state index contributed by atoms with van der Waals surface area (Å²) in [5.74, 6) is -0.537. The van der Waals surface area contributed by atoms with E-state index in [-0.39, 0.29) is 16.8 Å². The van der Waals surface area contributed by atoms with Crippen LogP contribution in [0.3, 0.4) is 0 Å². The molecule has 1 N–H and O–H groups in total. The van der Waals surface area contributed by atoms with Crippen LogP contribution in [0.5, 0.6) is 0 Å². The summed E-state index contributed by atoms with van der Waals surface area (Å²) in [5.41, 5.74) is 2.58. The molecule has 0 saturated carbocycles. The van der Waals surface area contributed by atoms with Gasteiger partial charge in [-0.2, -0.15) is 0 Å². The minimum atomic E-state index is -0.491. The lowest BCUT2D eigenvalue weighted by Crippen LogP contribution is -2.37. The van der Waals surface area contributed by atoms with Crippen LogP contribution >= 0.6 is 0 Å². The van der Waals surface area contributed by atoms with E-state index in [9.17, 15) is 14.4 Å². The highest BCUT2D eigenvalue weighted by Gasteiger charge is 2.36. The first-order valence-electron chi connectivity index (χ1n) is 10.0. The second-order valence-corrected chi connectivity index (χ2v) is 8.67. The second kappa shape index (κ2) is 7.41. The summed E-state index contributed by atoms with van der Waals surface area (Å²) in [6.45, 7) is 5.93. The average Bonchev–Trinajstić information content (AvgIpc) is 2.68. The molecule has 30 heavy (non-hydrogen) atoms. The van der Waals surface area contributed by atoms with E-state index >= 15 is 0 Å². The zero-order valence-electron chi connectivity index (χ0n) is 17.4. The fourth-order valence-electron chi connectivity index (χ4n) is 3.99. The summed E-state index contributed by atoms with van der Waals surface area (Å²) in [6.07, 6.45) is 2.47. The Morgan fingerprint density at radius 1 is 0.967 bits per heavy atom. The summed E-state index contributed by atoms with van der Waals surface area (Å²) in [7, 11) is 0. The molecule has 1 aliphatic carbocycles. The third-order valence-electron chi connectivity index (χ3n) is 5.48. The third kappa shape index (κ3) is 3.71. The highest BCUT2D eigenvalue weighted by molar-refractivity contribution is 6.08. The maximum absolute atomic E-state index is 13.5. The van der Waals surface area contributed by atoms with Crippen LogP contribution in [0.4, 0.5) is 5.69 Å². The minimum Gasteiger partial charge on any atom is -0.322 e. The molecule has 5 nitrogen and oxygen atoms in total. The van der Waals surface area contributed by atoms with Crippen molar-refractivity contribution in [2.24, 2.45) is 5.41 Å². The number of amides is 1. The lowest BCUT2D eigenvalue weighted by molar-refractivity contribution is 0.0910. The molecule has 1 aliphatic rings. The Bertz CT molecular complexity index is 1190. The van der Waals surface area contributed by atoms with Gasteiger partial charge in [-0.1, -0.05) is 49.7 Å². The number of hydrogen-bond donors (Lipinski definition) is 1. The van der Waals surface area contributed by atoms with Gasteiger partial charge in [0.25, 0.3) is 11.5 Å². The van der Waals surface area contributed by atoms with E-state index in [1.807, 2.05) is 63.2 Å². The largest absolute Gasteiger partial charge is 0.322 e. The maximum atomic E-state index is 13.5. The van der Waals surface area contributed by atoms with E-state index in [0.29, 0.717) is 35.3 Å². The molecule has 0 unspecified atom stereocenters. The molecule has 0 spiro atoms. The first kappa shape index (κ1) is 19.8. The third-order valence-corrected chi connectivity index (χ3v) is 5.48. The number of fused-ring (bicyclic) bond motifs is 1. The van der Waals surface area contributed by atoms with Crippen LogP contribution in [-0.4, -0.2) is 16.3 Å². The van der Waals surface area contributed by atoms with Crippen molar-refractivity contribution in [3.05, 3.63) is 93.4 Å². The highest BCUT2D eigenvalue weighted by Crippen LogP contribution is 2.36. The Labute approximate surface area is 175 Å². The minimum absolute atomic E-state index is 0.0399. The molecule has 1 amide bonds. The number of Topliss-reactive ketones (excluding diaryl/α,β-unsaturated/α-hetero) is 1. The van der Waals surface area contributed by atoms with E-state index in [1.54, 1.807) is 18.3 Å². The number of nitrogens with zero attached hydrogens (tertiary/aromatic N) is 1. The number of benzene rings is 2. The molecule has 152 valence electrons. The maximum Gasteiger partial charge on any atom is 0.268 e. The molecule has 4 rings (SSSR count). The first-order valence-corrected chi connectivity index (χ1v) is 10.0. The number of ketones is 1. The SMILES string of the molecule is Cc1ccc(-n2cc3c(c(C(=O)Nc4ccccc4)c2=O)CC(C)(C)CC3=O)cc1. The molecule has 1 aromatic heterocycles. The van der Waals surface area contributed by atoms with Gasteiger partial charge in [0.1, 0.15) is 5.56 Å². The predicted molar refractivity (Wildman–Crippen MR) is 118 cm³/mol. The molecule has 0 fully saturated rings. The van der Waals surface area contributed by atoms with Gasteiger partial charge in [0.05, 0.1) is 0 Å². The van der Waals surface area contributed by atoms with Crippen molar-refractivity contribution in [2.45, 2.75) is 33.6 Å². The standard InChI is InChI=1S/C25H24N2O3/c1-16-9-11-18(12-10-16)27-15-20-19(13-25(2,3)14-21(20)28)22(24(27)30)23(29)26-17-7-5-4-6-8-17/h4-12,15H,13-14H2,1-3H3,(H,26,29). The van der Waals surface area contributed by atoms with Gasteiger partial charge in [0.2, 0.25) is 0 Å². The second-order valence-electron chi connectivity index (χ2n) is 8.67. The van der Waals surface area contributed by atoms with E-state index in [4.69, 9.17) is 0 Å². The molecule has 5 heteroatoms. The smallest absolute Gasteiger partial charge is 0.268 e. The number of hydrogen-bond acceptors (Lipinski definition) is 3. The van der Waals surface area contributed by atoms with Crippen LogP contribution in [0, 0.1) is 12.3 Å². The molecule has 0 atom stereocenters. The number of rotatable bonds is 3. The van der Waals surface area contributed by atoms with Crippen molar-refractivity contribution in [1.29, 1.82) is 0 Å². The lowest BCUT2D eigenvalue weighted by Gasteiger charge is -2.31. The number of aromatic nitrogens is 1. The van der Waals surface area contributed by atoms with Crippen molar-refractivity contribution >= 4 is 17.4 Å². The molecular weight excluding hydrogens is 376 g/mol. The number of carbonyl (C=O) groups excluding carboxylic acids is 2. The number of carbonyl (C=O) groups is 2. The summed E-state index contributed by atoms with van der Waals surface area (Å²) in [5, 5.41) is 2.82. The van der Waals surface area contributed by atoms with Crippen LogP contribution in [0.1, 0.15) is 52.1 Å². The zero-order valence-corrected chi connectivity index (χ0v) is 17.4. The Morgan fingerprint density at radius 2 is 1.63 bits per heavy atom. The van der Waals surface area contributed by atoms with Gasteiger partial charge in [-0.25, -0.2) is 0 Å². The quantitative estimate of drug-likeness (QED) is 0.701. The molecule has 0 saturated heterocycles. The number of nitrogens with one attached hydrogen (secondary N) is 1. The zero-order chi connectivity index (χ0) is 21.5. The summed E-state index contributed by atoms with van der Waals surface area (Å²) in [6, 6.07) is 16.4. The topological polar surface area (TPSA) is 68.2 Å². The van der Waals surface area contributed by atoms with Gasteiger partial charge in [0, 0.05) is 29.6 Å². The van der Waals surface area contributed by atoms with Gasteiger partial charge in [-0.05, 0) is 48.6 Å². The molecule has 0 bridgehead atoms. The van der Waals surface area contributed by atoms with E-state index in [1.165, 1.54) is 4.57 Å². The van der Waals surface area contributed by atoms with E-state index in [0.717, 1.165) is 5.56 Å². The highest BCUT2D eigenvalue weighted by atomic mass is 16.2. The molecule has 1 heterocycles. The van der Waals surface area contributed by atoms with Gasteiger partial charge < -0.3 is 5.32 Å². The number of pyridine rings is 1. The fraction of sp³-hybridized carbons (Fsp3) is 0.240. The van der Waals surface area contributed by atoms with Crippen molar-refractivity contribution in [1.82, 2.24) is 4.57 Å². The summed E-state index contributed by atoms with van der Waals surface area (Å²) < 4.78 is 1.41. The van der Waals surface area contributed by atoms with Crippen LogP contribution in [0.15, 0.2) is 65.6 Å². The van der Waals surface area contributed by atoms with Crippen molar-refractivity contribution < 1.29 is 9.59 Å². The Kier molecular flexibility index (Phi) is 4.90. The molecule has 3 aromatic rings. The number of aryl methyl sites for hydroxylation is 1. The lowest BCUT2D eigenvalue weighted by atomic mass is 9.73. The van der Waals surface area contributed by atoms with Crippen molar-refractivity contribution in [3.63, 3.8) is 0 Å². The molecule has 0 radical (unpaired) electrons. The summed E-state index contributed by atoms with van der Waals surface area (Å²) >= 11 is 0. The first-order chi connectivity index (χ1) is 14.2. The molecule has 0 aliphatic heterocycles. The van der Waals surface area contributed by atoms with Gasteiger partial charge >= 0.3 is 0 Å². The van der Waals surface area contributed by atoms with Crippen molar-refractivity contribution in [2.75, 3.05) is 5.32 Å². The number of para-hydroxylation sites is 1. The van der Waals surface area contributed by atoms with Gasteiger partial charge in [-0.15, -0.1) is 0 Å². The Hall–Kier alpha value is -3.47. The van der Waals surface area contributed by atoms with Gasteiger partial charge in [0.15, 0.2) is 5.78 Å². The van der Waals surface area contributed by atoms with Crippen LogP contribution in [0.2, 0.25) is 0 Å². The number of anilines is 1. The monoisotopic (exact) mass is 400 g/mol. The van der Waals surface area contributed by atoms with Crippen LogP contribution in [-0.2, 0) is 6.42 Å². The van der Waals surface area contributed by atoms with E-state index in [2.05, 4.69) is 5.32 Å². The normalized spacial score (nSPS) is 14.8. The molecular formula is C25H24N2O3. The average molecular weight is 400 g/mol. The Balaban J connectivity index is 1.92. The summed E-state index contributed by atoms with van der Waals surface area (Å²) in [4.78, 5) is 39.6. The van der Waals surface area contributed by atoms with Crippen LogP contribution < -0.4 is 10.9 Å². The predicted octanol–water partition coefficient (Wildman–Crippen LogP) is 4.55. The van der Waals surface area contributed by atoms with E-state index < -0.39 is 11.5 Å². The van der Waals surface area contributed by atoms with Gasteiger partial charge in [-0.3, -0.25) is 19.0 Å².